The predicted octanol–water partition coefficient (Wildman–Crippen LogP) is 2.55. The number of ether oxygens (including phenoxy) is 2. The molecule has 6 heteroatoms. The van der Waals surface area contributed by atoms with Gasteiger partial charge in [0.2, 0.25) is 0 Å². The second kappa shape index (κ2) is 8.10. The van der Waals surface area contributed by atoms with Crippen LogP contribution in [-0.2, 0) is 4.79 Å². The van der Waals surface area contributed by atoms with E-state index in [1.165, 1.54) is 14.0 Å². The number of methoxy groups -OCH3 is 1. The standard InChI is InChI=1S/C18H20N2O4/c1-12(15-6-4-5-9-19-15)20-18(22)11-24-16-8-7-14(13(2)21)10-17(16)23-3/h4-10,12H,11H2,1-3H3,(H,20,22). The fraction of sp³-hybridized carbons (Fsp3) is 0.278. The molecule has 126 valence electrons. The number of carbonyl (C=O) groups is 2. The molecule has 0 aliphatic carbocycles. The minimum absolute atomic E-state index is 0.0678. The van der Waals surface area contributed by atoms with E-state index in [0.29, 0.717) is 17.1 Å². The average Bonchev–Trinajstić information content (AvgIpc) is 2.60. The number of aromatic nitrogens is 1. The van der Waals surface area contributed by atoms with Crippen LogP contribution in [0.2, 0.25) is 0 Å². The first kappa shape index (κ1) is 17.5. The van der Waals surface area contributed by atoms with Crippen molar-refractivity contribution in [3.8, 4) is 11.5 Å². The number of nitrogens with one attached hydrogen (secondary N) is 1. The zero-order chi connectivity index (χ0) is 17.5. The van der Waals surface area contributed by atoms with Crippen molar-refractivity contribution in [2.75, 3.05) is 13.7 Å². The molecule has 1 aromatic carbocycles. The maximum Gasteiger partial charge on any atom is 0.258 e. The van der Waals surface area contributed by atoms with Crippen molar-refractivity contribution in [3.05, 3.63) is 53.9 Å². The number of carbonyl (C=O) groups excluding carboxylic acids is 2. The van der Waals surface area contributed by atoms with Gasteiger partial charge in [-0.25, -0.2) is 0 Å². The van der Waals surface area contributed by atoms with Gasteiger partial charge in [0, 0.05) is 11.8 Å². The van der Waals surface area contributed by atoms with Crippen LogP contribution < -0.4 is 14.8 Å². The summed E-state index contributed by atoms with van der Waals surface area (Å²) in [6.07, 6.45) is 1.68. The second-order valence-electron chi connectivity index (χ2n) is 5.25. The Balaban J connectivity index is 1.95. The van der Waals surface area contributed by atoms with Gasteiger partial charge in [0.25, 0.3) is 5.91 Å². The Morgan fingerprint density at radius 3 is 2.62 bits per heavy atom. The van der Waals surface area contributed by atoms with Gasteiger partial charge in [0.1, 0.15) is 0 Å². The molecule has 0 radical (unpaired) electrons. The maximum atomic E-state index is 12.0. The van der Waals surface area contributed by atoms with Crippen LogP contribution in [0, 0.1) is 0 Å². The van der Waals surface area contributed by atoms with Crippen LogP contribution >= 0.6 is 0 Å². The summed E-state index contributed by atoms with van der Waals surface area (Å²) in [6, 6.07) is 10.1. The van der Waals surface area contributed by atoms with Gasteiger partial charge >= 0.3 is 0 Å². The smallest absolute Gasteiger partial charge is 0.258 e. The number of pyridine rings is 1. The number of benzene rings is 1. The molecule has 1 amide bonds. The molecule has 2 rings (SSSR count). The summed E-state index contributed by atoms with van der Waals surface area (Å²) in [5, 5.41) is 2.81. The molecule has 0 saturated heterocycles. The van der Waals surface area contributed by atoms with Crippen LogP contribution in [0.3, 0.4) is 0 Å². The first-order valence-corrected chi connectivity index (χ1v) is 7.53. The van der Waals surface area contributed by atoms with Crippen molar-refractivity contribution >= 4 is 11.7 Å². The molecule has 0 fully saturated rings. The van der Waals surface area contributed by atoms with Gasteiger partial charge in [-0.3, -0.25) is 14.6 Å². The fourth-order valence-electron chi connectivity index (χ4n) is 2.14. The lowest BCUT2D eigenvalue weighted by atomic mass is 10.1. The van der Waals surface area contributed by atoms with Crippen LogP contribution in [0.4, 0.5) is 0 Å². The zero-order valence-electron chi connectivity index (χ0n) is 13.9. The molecule has 1 N–H and O–H groups in total. The monoisotopic (exact) mass is 328 g/mol. The van der Waals surface area contributed by atoms with E-state index in [0.717, 1.165) is 5.69 Å². The highest BCUT2D eigenvalue weighted by molar-refractivity contribution is 5.94. The van der Waals surface area contributed by atoms with E-state index in [2.05, 4.69) is 10.3 Å². The van der Waals surface area contributed by atoms with Crippen molar-refractivity contribution in [2.24, 2.45) is 0 Å². The lowest BCUT2D eigenvalue weighted by molar-refractivity contribution is -0.123. The highest BCUT2D eigenvalue weighted by atomic mass is 16.5. The van der Waals surface area contributed by atoms with E-state index in [1.54, 1.807) is 24.4 Å². The van der Waals surface area contributed by atoms with Gasteiger partial charge in [-0.15, -0.1) is 0 Å². The molecular weight excluding hydrogens is 308 g/mol. The quantitative estimate of drug-likeness (QED) is 0.790. The molecule has 1 aromatic heterocycles. The maximum absolute atomic E-state index is 12.0. The van der Waals surface area contributed by atoms with Gasteiger partial charge in [-0.1, -0.05) is 6.07 Å². The third-order valence-corrected chi connectivity index (χ3v) is 3.44. The molecule has 24 heavy (non-hydrogen) atoms. The lowest BCUT2D eigenvalue weighted by Crippen LogP contribution is -2.31. The van der Waals surface area contributed by atoms with Crippen molar-refractivity contribution in [3.63, 3.8) is 0 Å². The normalized spacial score (nSPS) is 11.5. The summed E-state index contributed by atoms with van der Waals surface area (Å²) < 4.78 is 10.7. The van der Waals surface area contributed by atoms with Gasteiger partial charge < -0.3 is 14.8 Å². The summed E-state index contributed by atoms with van der Waals surface area (Å²) >= 11 is 0. The molecular formula is C18H20N2O4. The third-order valence-electron chi connectivity index (χ3n) is 3.44. The molecule has 0 aliphatic rings. The minimum Gasteiger partial charge on any atom is -0.493 e. The van der Waals surface area contributed by atoms with Crippen molar-refractivity contribution < 1.29 is 19.1 Å². The average molecular weight is 328 g/mol. The van der Waals surface area contributed by atoms with Gasteiger partial charge in [0.05, 0.1) is 18.8 Å². The zero-order valence-corrected chi connectivity index (χ0v) is 13.9. The van der Waals surface area contributed by atoms with E-state index in [1.807, 2.05) is 25.1 Å². The highest BCUT2D eigenvalue weighted by Crippen LogP contribution is 2.28. The Kier molecular flexibility index (Phi) is 5.89. The second-order valence-corrected chi connectivity index (χ2v) is 5.25. The lowest BCUT2D eigenvalue weighted by Gasteiger charge is -2.15. The topological polar surface area (TPSA) is 77.5 Å². The summed E-state index contributed by atoms with van der Waals surface area (Å²) in [6.45, 7) is 3.16. The summed E-state index contributed by atoms with van der Waals surface area (Å²) in [7, 11) is 1.48. The van der Waals surface area contributed by atoms with E-state index in [9.17, 15) is 9.59 Å². The van der Waals surface area contributed by atoms with Crippen molar-refractivity contribution in [1.29, 1.82) is 0 Å². The van der Waals surface area contributed by atoms with Gasteiger partial charge in [-0.05, 0) is 44.2 Å². The summed E-state index contributed by atoms with van der Waals surface area (Å²) in [5.41, 5.74) is 1.29. The number of rotatable bonds is 7. The number of hydrogen-bond acceptors (Lipinski definition) is 5. The van der Waals surface area contributed by atoms with Crippen LogP contribution in [0.5, 0.6) is 11.5 Å². The van der Waals surface area contributed by atoms with E-state index in [-0.39, 0.29) is 24.3 Å². The van der Waals surface area contributed by atoms with Crippen LogP contribution in [-0.4, -0.2) is 30.4 Å². The Labute approximate surface area is 140 Å². The number of Topliss-reactive ketones (excluding diaryl/α,β-unsaturated/α-hetero) is 1. The molecule has 0 bridgehead atoms. The number of nitrogens with zero attached hydrogens (tertiary/aromatic N) is 1. The third kappa shape index (κ3) is 4.55. The first-order chi connectivity index (χ1) is 11.5. The van der Waals surface area contributed by atoms with E-state index in [4.69, 9.17) is 9.47 Å². The Bertz CT molecular complexity index is 716. The van der Waals surface area contributed by atoms with Crippen molar-refractivity contribution in [1.82, 2.24) is 10.3 Å². The number of amides is 1. The molecule has 0 saturated carbocycles. The Morgan fingerprint density at radius 2 is 2.00 bits per heavy atom. The molecule has 1 unspecified atom stereocenters. The van der Waals surface area contributed by atoms with Crippen LogP contribution in [0.1, 0.15) is 35.9 Å². The summed E-state index contributed by atoms with van der Waals surface area (Å²) in [5.74, 6) is 0.476. The molecule has 1 atom stereocenters. The van der Waals surface area contributed by atoms with E-state index >= 15 is 0 Å². The molecule has 6 nitrogen and oxygen atoms in total. The molecule has 0 aliphatic heterocycles. The van der Waals surface area contributed by atoms with E-state index < -0.39 is 0 Å². The fourth-order valence-corrected chi connectivity index (χ4v) is 2.14. The molecule has 1 heterocycles. The Hall–Kier alpha value is -2.89. The van der Waals surface area contributed by atoms with Gasteiger partial charge in [0.15, 0.2) is 23.9 Å². The van der Waals surface area contributed by atoms with Gasteiger partial charge in [-0.2, -0.15) is 0 Å². The largest absolute Gasteiger partial charge is 0.493 e. The van der Waals surface area contributed by atoms with Crippen LogP contribution in [0.25, 0.3) is 0 Å². The minimum atomic E-state index is -0.272. The Morgan fingerprint density at radius 1 is 1.21 bits per heavy atom. The summed E-state index contributed by atoms with van der Waals surface area (Å²) in [4.78, 5) is 27.6. The van der Waals surface area contributed by atoms with Crippen molar-refractivity contribution in [2.45, 2.75) is 19.9 Å². The SMILES string of the molecule is COc1cc(C(C)=O)ccc1OCC(=O)NC(C)c1ccccn1. The number of hydrogen-bond donors (Lipinski definition) is 1. The first-order valence-electron chi connectivity index (χ1n) is 7.53. The number of ketones is 1. The van der Waals surface area contributed by atoms with Crippen LogP contribution in [0.15, 0.2) is 42.6 Å². The predicted molar refractivity (Wildman–Crippen MR) is 89.3 cm³/mol. The molecule has 2 aromatic rings. The molecule has 0 spiro atoms. The highest BCUT2D eigenvalue weighted by Gasteiger charge is 2.13.